The summed E-state index contributed by atoms with van der Waals surface area (Å²) in [6.45, 7) is 5.09. The monoisotopic (exact) mass is 281 g/mol. The summed E-state index contributed by atoms with van der Waals surface area (Å²) in [5.41, 5.74) is 0. The predicted molar refractivity (Wildman–Crippen MR) is 77.4 cm³/mol. The van der Waals surface area contributed by atoms with Crippen LogP contribution < -0.4 is 4.74 Å². The fourth-order valence-corrected chi connectivity index (χ4v) is 2.88. The van der Waals surface area contributed by atoms with Gasteiger partial charge in [-0.2, -0.15) is 0 Å². The second kappa shape index (κ2) is 7.04. The molecule has 2 rings (SSSR count). The Morgan fingerprint density at radius 2 is 1.95 bits per heavy atom. The van der Waals surface area contributed by atoms with E-state index in [0.29, 0.717) is 18.6 Å². The Hall–Kier alpha value is -1.13. The van der Waals surface area contributed by atoms with Gasteiger partial charge in [0.2, 0.25) is 0 Å². The van der Waals surface area contributed by atoms with Crippen molar-refractivity contribution in [1.82, 2.24) is 4.90 Å². The smallest absolute Gasteiger partial charge is 0.165 e. The van der Waals surface area contributed by atoms with Crippen LogP contribution in [0.1, 0.15) is 33.1 Å². The van der Waals surface area contributed by atoms with Crippen molar-refractivity contribution in [3.63, 3.8) is 0 Å². The van der Waals surface area contributed by atoms with Gasteiger partial charge in [0, 0.05) is 18.6 Å². The molecular formula is C16H24FNO2. The van der Waals surface area contributed by atoms with E-state index < -0.39 is 6.10 Å². The maximum absolute atomic E-state index is 13.4. The molecule has 1 aromatic rings. The zero-order valence-electron chi connectivity index (χ0n) is 12.3. The summed E-state index contributed by atoms with van der Waals surface area (Å²) in [5, 5.41) is 10.1. The number of halogens is 1. The molecule has 1 fully saturated rings. The van der Waals surface area contributed by atoms with Gasteiger partial charge in [-0.3, -0.25) is 4.90 Å². The summed E-state index contributed by atoms with van der Waals surface area (Å²) in [7, 11) is 0. The maximum atomic E-state index is 13.4. The molecule has 0 bridgehead atoms. The number of nitrogens with zero attached hydrogens (tertiary/aromatic N) is 1. The van der Waals surface area contributed by atoms with E-state index in [1.54, 1.807) is 18.2 Å². The van der Waals surface area contributed by atoms with Crippen molar-refractivity contribution >= 4 is 0 Å². The molecule has 3 nitrogen and oxygen atoms in total. The second-order valence-electron chi connectivity index (χ2n) is 5.72. The molecule has 1 aliphatic heterocycles. The number of ether oxygens (including phenoxy) is 1. The van der Waals surface area contributed by atoms with E-state index >= 15 is 0 Å². The summed E-state index contributed by atoms with van der Waals surface area (Å²) in [6, 6.07) is 7.25. The average Bonchev–Trinajstić information content (AvgIpc) is 2.42. The highest BCUT2D eigenvalue weighted by Crippen LogP contribution is 2.22. The van der Waals surface area contributed by atoms with E-state index in [-0.39, 0.29) is 18.2 Å². The fraction of sp³-hybridized carbons (Fsp3) is 0.625. The first kappa shape index (κ1) is 15.3. The zero-order valence-corrected chi connectivity index (χ0v) is 12.3. The topological polar surface area (TPSA) is 32.7 Å². The number of benzene rings is 1. The molecule has 0 aromatic heterocycles. The van der Waals surface area contributed by atoms with Gasteiger partial charge in [0.1, 0.15) is 12.7 Å². The molecule has 1 aromatic carbocycles. The van der Waals surface area contributed by atoms with E-state index in [1.165, 1.54) is 25.3 Å². The van der Waals surface area contributed by atoms with Crippen LogP contribution in [0.4, 0.5) is 4.39 Å². The van der Waals surface area contributed by atoms with Crippen LogP contribution >= 0.6 is 0 Å². The number of rotatable bonds is 5. The Bertz CT molecular complexity index is 417. The first-order valence-corrected chi connectivity index (χ1v) is 7.39. The lowest BCUT2D eigenvalue weighted by atomic mass is 9.97. The van der Waals surface area contributed by atoms with Crippen molar-refractivity contribution in [3.8, 4) is 5.75 Å². The van der Waals surface area contributed by atoms with Crippen molar-refractivity contribution in [3.05, 3.63) is 30.1 Å². The number of hydrogen-bond donors (Lipinski definition) is 1. The molecule has 4 heteroatoms. The normalized spacial score (nSPS) is 25.4. The van der Waals surface area contributed by atoms with Gasteiger partial charge in [0.15, 0.2) is 11.6 Å². The third-order valence-electron chi connectivity index (χ3n) is 4.07. The highest BCUT2D eigenvalue weighted by molar-refractivity contribution is 5.23. The molecule has 112 valence electrons. The number of hydrogen-bond acceptors (Lipinski definition) is 3. The molecule has 0 unspecified atom stereocenters. The van der Waals surface area contributed by atoms with Crippen LogP contribution in [-0.4, -0.2) is 41.3 Å². The number of likely N-dealkylation sites (tertiary alicyclic amines) is 1. The van der Waals surface area contributed by atoms with Gasteiger partial charge >= 0.3 is 0 Å². The van der Waals surface area contributed by atoms with Gasteiger partial charge < -0.3 is 9.84 Å². The van der Waals surface area contributed by atoms with Gasteiger partial charge in [-0.05, 0) is 38.8 Å². The molecular weight excluding hydrogens is 257 g/mol. The third kappa shape index (κ3) is 3.93. The minimum atomic E-state index is -0.599. The Labute approximate surface area is 120 Å². The first-order valence-electron chi connectivity index (χ1n) is 7.39. The summed E-state index contributed by atoms with van der Waals surface area (Å²) >= 11 is 0. The third-order valence-corrected chi connectivity index (χ3v) is 4.07. The Morgan fingerprint density at radius 1 is 1.30 bits per heavy atom. The maximum Gasteiger partial charge on any atom is 0.165 e. The van der Waals surface area contributed by atoms with E-state index in [2.05, 4.69) is 18.7 Å². The highest BCUT2D eigenvalue weighted by Gasteiger charge is 2.26. The number of piperidine rings is 1. The number of aliphatic hydroxyl groups is 1. The molecule has 0 saturated carbocycles. The van der Waals surface area contributed by atoms with E-state index in [4.69, 9.17) is 4.74 Å². The number of para-hydroxylation sites is 1. The fourth-order valence-electron chi connectivity index (χ4n) is 2.88. The lowest BCUT2D eigenvalue weighted by molar-refractivity contribution is 0.0202. The van der Waals surface area contributed by atoms with E-state index in [0.717, 1.165) is 0 Å². The molecule has 0 aliphatic carbocycles. The quantitative estimate of drug-likeness (QED) is 0.901. The van der Waals surface area contributed by atoms with Crippen LogP contribution in [0, 0.1) is 5.82 Å². The van der Waals surface area contributed by atoms with Crippen LogP contribution in [0.2, 0.25) is 0 Å². The van der Waals surface area contributed by atoms with Crippen LogP contribution in [-0.2, 0) is 0 Å². The minimum absolute atomic E-state index is 0.122. The lowest BCUT2D eigenvalue weighted by Gasteiger charge is -2.40. The summed E-state index contributed by atoms with van der Waals surface area (Å²) in [5.74, 6) is -0.189. The standard InChI is InChI=1S/C16H24FNO2/c1-12-6-5-7-13(2)18(12)10-14(19)11-20-16-9-4-3-8-15(16)17/h3-4,8-9,12-14,19H,5-7,10-11H2,1-2H3/t12-,13-,14-/m0/s1. The van der Waals surface area contributed by atoms with E-state index in [1.807, 2.05) is 0 Å². The van der Waals surface area contributed by atoms with Crippen LogP contribution in [0.25, 0.3) is 0 Å². The Balaban J connectivity index is 1.83. The molecule has 1 N–H and O–H groups in total. The predicted octanol–water partition coefficient (Wildman–Crippen LogP) is 2.83. The molecule has 0 spiro atoms. The van der Waals surface area contributed by atoms with Crippen molar-refractivity contribution in [1.29, 1.82) is 0 Å². The van der Waals surface area contributed by atoms with Crippen molar-refractivity contribution in [2.24, 2.45) is 0 Å². The zero-order chi connectivity index (χ0) is 14.5. The highest BCUT2D eigenvalue weighted by atomic mass is 19.1. The van der Waals surface area contributed by atoms with Gasteiger partial charge in [-0.15, -0.1) is 0 Å². The van der Waals surface area contributed by atoms with Gasteiger partial charge in [-0.1, -0.05) is 18.6 Å². The summed E-state index contributed by atoms with van der Waals surface area (Å²) in [6.07, 6.45) is 2.99. The minimum Gasteiger partial charge on any atom is -0.488 e. The Morgan fingerprint density at radius 3 is 2.60 bits per heavy atom. The van der Waals surface area contributed by atoms with Crippen LogP contribution in [0.15, 0.2) is 24.3 Å². The van der Waals surface area contributed by atoms with Crippen molar-refractivity contribution in [2.45, 2.75) is 51.3 Å². The number of β-amino-alcohol motifs (C(OH)–C–C–N with tert-alkyl or cyclic N) is 1. The first-order chi connectivity index (χ1) is 9.58. The second-order valence-corrected chi connectivity index (χ2v) is 5.72. The molecule has 3 atom stereocenters. The van der Waals surface area contributed by atoms with Gasteiger partial charge in [-0.25, -0.2) is 4.39 Å². The SMILES string of the molecule is C[C@H]1CCC[C@H](C)N1C[C@H](O)COc1ccccc1F. The lowest BCUT2D eigenvalue weighted by Crippen LogP contribution is -2.48. The molecule has 1 aliphatic rings. The molecule has 0 radical (unpaired) electrons. The number of aliphatic hydroxyl groups excluding tert-OH is 1. The van der Waals surface area contributed by atoms with Gasteiger partial charge in [0.25, 0.3) is 0 Å². The molecule has 0 amide bonds. The Kier molecular flexibility index (Phi) is 5.38. The molecule has 1 saturated heterocycles. The van der Waals surface area contributed by atoms with Crippen molar-refractivity contribution < 1.29 is 14.2 Å². The molecule has 20 heavy (non-hydrogen) atoms. The van der Waals surface area contributed by atoms with Crippen LogP contribution in [0.3, 0.4) is 0 Å². The van der Waals surface area contributed by atoms with Crippen molar-refractivity contribution in [2.75, 3.05) is 13.2 Å². The van der Waals surface area contributed by atoms with Crippen LogP contribution in [0.5, 0.6) is 5.75 Å². The average molecular weight is 281 g/mol. The largest absolute Gasteiger partial charge is 0.488 e. The van der Waals surface area contributed by atoms with E-state index in [9.17, 15) is 9.50 Å². The molecule has 1 heterocycles. The summed E-state index contributed by atoms with van der Waals surface area (Å²) < 4.78 is 18.8. The van der Waals surface area contributed by atoms with Gasteiger partial charge in [0.05, 0.1) is 0 Å². The summed E-state index contributed by atoms with van der Waals surface area (Å²) in [4.78, 5) is 2.32.